The van der Waals surface area contributed by atoms with E-state index >= 15 is 0 Å². The largest absolute Gasteiger partial charge is 0.392 e. The predicted molar refractivity (Wildman–Crippen MR) is 108 cm³/mol. The van der Waals surface area contributed by atoms with Crippen molar-refractivity contribution in [2.75, 3.05) is 19.3 Å². The number of nitrogens with zero attached hydrogens (tertiary/aromatic N) is 1. The molecule has 0 radical (unpaired) electrons. The number of rotatable bonds is 6. The van der Waals surface area contributed by atoms with Gasteiger partial charge in [-0.3, -0.25) is 9.78 Å². The summed E-state index contributed by atoms with van der Waals surface area (Å²) in [7, 11) is -3.32. The molecule has 1 heterocycles. The number of benzene rings is 1. The molecule has 1 aromatic heterocycles. The van der Waals surface area contributed by atoms with Gasteiger partial charge in [-0.25, -0.2) is 13.1 Å². The third kappa shape index (κ3) is 5.57. The molecule has 162 valence electrons. The maximum atomic E-state index is 12.9. The minimum absolute atomic E-state index is 0.0444. The summed E-state index contributed by atoms with van der Waals surface area (Å²) in [5, 5.41) is 3.31. The molecule has 2 N–H and O–H groups in total. The molecule has 0 aliphatic heterocycles. The number of hydrogen-bond donors (Lipinski definition) is 2. The molecule has 1 atom stereocenters. The summed E-state index contributed by atoms with van der Waals surface area (Å²) in [5.41, 5.74) is 2.55. The van der Waals surface area contributed by atoms with E-state index in [2.05, 4.69) is 15.0 Å². The molecule has 2 aromatic rings. The Morgan fingerprint density at radius 2 is 2.03 bits per heavy atom. The van der Waals surface area contributed by atoms with Crippen molar-refractivity contribution >= 4 is 32.4 Å². The molecule has 1 aliphatic carbocycles. The van der Waals surface area contributed by atoms with Gasteiger partial charge in [-0.1, -0.05) is 24.3 Å². The monoisotopic (exact) mass is 441 g/mol. The van der Waals surface area contributed by atoms with Crippen LogP contribution in [-0.4, -0.2) is 44.8 Å². The highest BCUT2D eigenvalue weighted by molar-refractivity contribution is 7.88. The highest BCUT2D eigenvalue weighted by Crippen LogP contribution is 2.40. The molecule has 1 amide bonds. The Hall–Kier alpha value is -2.46. The number of hydrogen-bond acceptors (Lipinski definition) is 4. The number of para-hydroxylation sites is 1. The molecule has 10 heteroatoms. The van der Waals surface area contributed by atoms with Crippen LogP contribution in [0, 0.1) is 5.92 Å². The predicted octanol–water partition coefficient (Wildman–Crippen LogP) is 3.26. The molecular formula is C20H22F3N3O3S. The number of carbonyl (C=O) groups excluding carboxylic acids is 1. The summed E-state index contributed by atoms with van der Waals surface area (Å²) in [4.78, 5) is 16.7. The van der Waals surface area contributed by atoms with E-state index < -0.39 is 28.0 Å². The zero-order valence-electron chi connectivity index (χ0n) is 16.3. The Morgan fingerprint density at radius 1 is 1.27 bits per heavy atom. The van der Waals surface area contributed by atoms with Crippen LogP contribution >= 0.6 is 0 Å². The first-order valence-corrected chi connectivity index (χ1v) is 11.3. The third-order valence-corrected chi connectivity index (χ3v) is 5.70. The maximum Gasteiger partial charge on any atom is 0.392 e. The first-order valence-electron chi connectivity index (χ1n) is 9.42. The van der Waals surface area contributed by atoms with Gasteiger partial charge in [-0.2, -0.15) is 13.2 Å². The fourth-order valence-electron chi connectivity index (χ4n) is 3.43. The van der Waals surface area contributed by atoms with Crippen LogP contribution in [-0.2, 0) is 10.0 Å². The minimum atomic E-state index is -4.18. The number of allylic oxidation sites excluding steroid dienone is 2. The number of halogens is 3. The van der Waals surface area contributed by atoms with E-state index in [1.165, 1.54) is 6.20 Å². The van der Waals surface area contributed by atoms with Gasteiger partial charge in [0.25, 0.3) is 5.91 Å². The molecule has 6 nitrogen and oxygen atoms in total. The van der Waals surface area contributed by atoms with Crippen molar-refractivity contribution in [1.29, 1.82) is 0 Å². The summed E-state index contributed by atoms with van der Waals surface area (Å²) in [6.45, 7) is 0.194. The molecule has 1 unspecified atom stereocenters. The minimum Gasteiger partial charge on any atom is -0.351 e. The van der Waals surface area contributed by atoms with Crippen molar-refractivity contribution < 1.29 is 26.4 Å². The zero-order chi connectivity index (χ0) is 21.9. The van der Waals surface area contributed by atoms with Gasteiger partial charge in [0, 0.05) is 30.2 Å². The lowest BCUT2D eigenvalue weighted by Gasteiger charge is -2.24. The first-order chi connectivity index (χ1) is 14.0. The molecule has 1 aliphatic rings. The number of nitrogens with one attached hydrogen (secondary N) is 2. The van der Waals surface area contributed by atoms with Crippen LogP contribution in [0.3, 0.4) is 0 Å². The lowest BCUT2D eigenvalue weighted by atomic mass is 9.85. The Bertz CT molecular complexity index is 1080. The molecule has 1 aromatic carbocycles. The number of alkyl halides is 3. The van der Waals surface area contributed by atoms with Crippen LogP contribution in [0.2, 0.25) is 0 Å². The van der Waals surface area contributed by atoms with Crippen molar-refractivity contribution in [1.82, 2.24) is 15.0 Å². The van der Waals surface area contributed by atoms with Crippen LogP contribution in [0.1, 0.15) is 35.2 Å². The fourth-order valence-corrected chi connectivity index (χ4v) is 3.91. The van der Waals surface area contributed by atoms with Crippen LogP contribution < -0.4 is 10.0 Å². The maximum absolute atomic E-state index is 12.9. The molecular weight excluding hydrogens is 419 g/mol. The van der Waals surface area contributed by atoms with Gasteiger partial charge in [0.15, 0.2) is 0 Å². The van der Waals surface area contributed by atoms with E-state index in [0.717, 1.165) is 17.4 Å². The third-order valence-electron chi connectivity index (χ3n) is 4.97. The second-order valence-electron chi connectivity index (χ2n) is 7.27. The van der Waals surface area contributed by atoms with E-state index in [1.54, 1.807) is 24.3 Å². The van der Waals surface area contributed by atoms with Gasteiger partial charge >= 0.3 is 6.18 Å². The topological polar surface area (TPSA) is 88.2 Å². The van der Waals surface area contributed by atoms with E-state index in [1.807, 2.05) is 6.07 Å². The quantitative estimate of drug-likeness (QED) is 0.674. The Labute approximate surface area is 172 Å². The van der Waals surface area contributed by atoms with Crippen molar-refractivity contribution in [3.63, 3.8) is 0 Å². The van der Waals surface area contributed by atoms with Crippen LogP contribution in [0.25, 0.3) is 16.5 Å². The SMILES string of the molecule is CS(=O)(=O)NCCNC(=O)c1cnc2c(C3=CCC(C(F)(F)F)CC3)cccc2c1. The Morgan fingerprint density at radius 3 is 2.67 bits per heavy atom. The summed E-state index contributed by atoms with van der Waals surface area (Å²) in [5.74, 6) is -1.70. The van der Waals surface area contributed by atoms with Crippen molar-refractivity contribution in [2.45, 2.75) is 25.4 Å². The van der Waals surface area contributed by atoms with E-state index in [9.17, 15) is 26.4 Å². The van der Waals surface area contributed by atoms with Gasteiger partial charge < -0.3 is 5.32 Å². The molecule has 0 saturated carbocycles. The van der Waals surface area contributed by atoms with Crippen LogP contribution in [0.5, 0.6) is 0 Å². The normalized spacial score (nSPS) is 17.6. The highest BCUT2D eigenvalue weighted by atomic mass is 32.2. The van der Waals surface area contributed by atoms with E-state index in [0.29, 0.717) is 22.9 Å². The van der Waals surface area contributed by atoms with Gasteiger partial charge in [0.1, 0.15) is 0 Å². The molecule has 30 heavy (non-hydrogen) atoms. The van der Waals surface area contributed by atoms with Gasteiger partial charge in [-0.15, -0.1) is 0 Å². The second kappa shape index (κ2) is 8.73. The summed E-state index contributed by atoms with van der Waals surface area (Å²) in [6, 6.07) is 7.06. The number of carbonyl (C=O) groups is 1. The van der Waals surface area contributed by atoms with Gasteiger partial charge in [0.05, 0.1) is 23.3 Å². The summed E-state index contributed by atoms with van der Waals surface area (Å²) in [6.07, 6.45) is 0.217. The van der Waals surface area contributed by atoms with Crippen molar-refractivity contribution in [3.05, 3.63) is 47.7 Å². The van der Waals surface area contributed by atoms with Crippen LogP contribution in [0.15, 0.2) is 36.5 Å². The van der Waals surface area contributed by atoms with Gasteiger partial charge in [-0.05, 0) is 30.9 Å². The van der Waals surface area contributed by atoms with Crippen molar-refractivity contribution in [3.8, 4) is 0 Å². The van der Waals surface area contributed by atoms with Gasteiger partial charge in [0.2, 0.25) is 10.0 Å². The molecule has 0 spiro atoms. The number of sulfonamides is 1. The average molecular weight is 441 g/mol. The number of amides is 1. The standard InChI is InChI=1S/C20H22F3N3O3S/c1-30(28,29)26-10-9-24-19(27)15-11-14-3-2-4-17(18(14)25-12-15)13-5-7-16(8-6-13)20(21,22)23/h2-5,11-12,16,26H,6-10H2,1H3,(H,24,27). The Balaban J connectivity index is 1.74. The van der Waals surface area contributed by atoms with Crippen molar-refractivity contribution in [2.24, 2.45) is 5.92 Å². The van der Waals surface area contributed by atoms with Crippen LogP contribution in [0.4, 0.5) is 13.2 Å². The van der Waals surface area contributed by atoms with E-state index in [-0.39, 0.29) is 25.9 Å². The molecule has 3 rings (SSSR count). The molecule has 0 fully saturated rings. The summed E-state index contributed by atoms with van der Waals surface area (Å²) >= 11 is 0. The lowest BCUT2D eigenvalue weighted by molar-refractivity contribution is -0.175. The second-order valence-corrected chi connectivity index (χ2v) is 9.10. The molecule has 0 saturated heterocycles. The fraction of sp³-hybridized carbons (Fsp3) is 0.400. The zero-order valence-corrected chi connectivity index (χ0v) is 17.1. The summed E-state index contributed by atoms with van der Waals surface area (Å²) < 4.78 is 63.0. The Kier molecular flexibility index (Phi) is 6.47. The molecule has 0 bridgehead atoms. The number of pyridine rings is 1. The number of fused-ring (bicyclic) bond motifs is 1. The smallest absolute Gasteiger partial charge is 0.351 e. The highest BCUT2D eigenvalue weighted by Gasteiger charge is 2.39. The lowest BCUT2D eigenvalue weighted by Crippen LogP contribution is -2.34. The first kappa shape index (κ1) is 22.2. The number of aromatic nitrogens is 1. The van der Waals surface area contributed by atoms with E-state index in [4.69, 9.17) is 0 Å². The average Bonchev–Trinajstić information content (AvgIpc) is 2.69.